The highest BCUT2D eigenvalue weighted by Gasteiger charge is 2.17. The fourth-order valence-corrected chi connectivity index (χ4v) is 2.74. The third-order valence-corrected chi connectivity index (χ3v) is 4.12. The molecule has 0 aliphatic carbocycles. The second-order valence-electron chi connectivity index (χ2n) is 5.27. The lowest BCUT2D eigenvalue weighted by Gasteiger charge is -2.10. The van der Waals surface area contributed by atoms with E-state index in [2.05, 4.69) is 10.2 Å². The average Bonchev–Trinajstić information content (AvgIpc) is 2.98. The minimum Gasteiger partial charge on any atom is -0.493 e. The first kappa shape index (κ1) is 16.3. The van der Waals surface area contributed by atoms with Gasteiger partial charge in [0, 0.05) is 16.8 Å². The van der Waals surface area contributed by atoms with Crippen molar-refractivity contribution in [3.63, 3.8) is 0 Å². The zero-order valence-corrected chi connectivity index (χ0v) is 14.2. The third kappa shape index (κ3) is 2.83. The fourth-order valence-electron chi connectivity index (χ4n) is 2.63. The van der Waals surface area contributed by atoms with E-state index in [-0.39, 0.29) is 5.02 Å². The third-order valence-electron chi connectivity index (χ3n) is 3.81. The molecule has 6 heteroatoms. The van der Waals surface area contributed by atoms with Gasteiger partial charge in [0.1, 0.15) is 11.5 Å². The number of methoxy groups -OCH3 is 2. The van der Waals surface area contributed by atoms with Crippen molar-refractivity contribution < 1.29 is 13.9 Å². The molecule has 0 fully saturated rings. The smallest absolute Gasteiger partial charge is 0.161 e. The van der Waals surface area contributed by atoms with Crippen molar-refractivity contribution in [2.24, 2.45) is 0 Å². The van der Waals surface area contributed by atoms with Gasteiger partial charge in [0.2, 0.25) is 0 Å². The maximum atomic E-state index is 13.9. The van der Waals surface area contributed by atoms with E-state index in [1.165, 1.54) is 12.1 Å². The van der Waals surface area contributed by atoms with Crippen LogP contribution in [0.4, 0.5) is 4.39 Å². The van der Waals surface area contributed by atoms with Crippen molar-refractivity contribution in [2.45, 2.75) is 6.92 Å². The number of aryl methyl sites for hydroxylation is 1. The maximum Gasteiger partial charge on any atom is 0.161 e. The number of ether oxygens (including phenoxy) is 2. The molecule has 0 saturated carbocycles. The Morgan fingerprint density at radius 3 is 2.38 bits per heavy atom. The maximum absolute atomic E-state index is 13.9. The normalized spacial score (nSPS) is 10.7. The van der Waals surface area contributed by atoms with Crippen LogP contribution < -0.4 is 9.47 Å². The van der Waals surface area contributed by atoms with E-state index >= 15 is 0 Å². The number of hydrogen-bond acceptors (Lipinski definition) is 3. The number of nitrogens with zero attached hydrogens (tertiary/aromatic N) is 1. The van der Waals surface area contributed by atoms with Crippen LogP contribution >= 0.6 is 11.6 Å². The van der Waals surface area contributed by atoms with Crippen LogP contribution in [0.25, 0.3) is 22.4 Å². The molecule has 0 unspecified atom stereocenters. The zero-order valence-electron chi connectivity index (χ0n) is 13.5. The minimum atomic E-state index is -0.465. The molecular formula is C18H16ClFN2O2. The van der Waals surface area contributed by atoms with E-state index in [4.69, 9.17) is 21.1 Å². The van der Waals surface area contributed by atoms with E-state index in [9.17, 15) is 4.39 Å². The molecule has 0 aliphatic heterocycles. The van der Waals surface area contributed by atoms with Crippen LogP contribution in [0.5, 0.6) is 11.5 Å². The van der Waals surface area contributed by atoms with E-state index in [1.807, 2.05) is 25.1 Å². The second kappa shape index (κ2) is 6.53. The van der Waals surface area contributed by atoms with Gasteiger partial charge in [0.15, 0.2) is 11.5 Å². The van der Waals surface area contributed by atoms with Gasteiger partial charge in [0.25, 0.3) is 0 Å². The summed E-state index contributed by atoms with van der Waals surface area (Å²) in [6.07, 6.45) is 0. The first-order chi connectivity index (χ1) is 11.5. The van der Waals surface area contributed by atoms with E-state index < -0.39 is 5.82 Å². The summed E-state index contributed by atoms with van der Waals surface area (Å²) in [5.74, 6) is 0.768. The Morgan fingerprint density at radius 2 is 1.71 bits per heavy atom. The summed E-state index contributed by atoms with van der Waals surface area (Å²) < 4.78 is 24.5. The molecular weight excluding hydrogens is 331 g/mol. The lowest BCUT2D eigenvalue weighted by molar-refractivity contribution is 0.355. The molecule has 3 aromatic rings. The van der Waals surface area contributed by atoms with Gasteiger partial charge < -0.3 is 9.47 Å². The van der Waals surface area contributed by atoms with Gasteiger partial charge in [-0.25, -0.2) is 4.39 Å². The number of aromatic nitrogens is 2. The van der Waals surface area contributed by atoms with Gasteiger partial charge in [0.05, 0.1) is 19.2 Å². The van der Waals surface area contributed by atoms with Gasteiger partial charge in [-0.15, -0.1) is 0 Å². The molecule has 0 amide bonds. The van der Waals surface area contributed by atoms with Crippen LogP contribution in [0.3, 0.4) is 0 Å². The molecule has 24 heavy (non-hydrogen) atoms. The summed E-state index contributed by atoms with van der Waals surface area (Å²) in [5.41, 5.74) is 3.89. The van der Waals surface area contributed by atoms with Gasteiger partial charge in [-0.05, 0) is 42.8 Å². The highest BCUT2D eigenvalue weighted by molar-refractivity contribution is 6.30. The summed E-state index contributed by atoms with van der Waals surface area (Å²) in [5, 5.41) is 7.42. The number of hydrogen-bond donors (Lipinski definition) is 1. The Kier molecular flexibility index (Phi) is 4.44. The molecule has 0 bridgehead atoms. The fraction of sp³-hybridized carbons (Fsp3) is 0.167. The topological polar surface area (TPSA) is 47.1 Å². The predicted molar refractivity (Wildman–Crippen MR) is 92.3 cm³/mol. The monoisotopic (exact) mass is 346 g/mol. The van der Waals surface area contributed by atoms with E-state index in [0.717, 1.165) is 16.8 Å². The molecule has 2 aromatic carbocycles. The number of H-pyrrole nitrogens is 1. The van der Waals surface area contributed by atoms with Crippen LogP contribution in [0.15, 0.2) is 36.4 Å². The van der Waals surface area contributed by atoms with Gasteiger partial charge in [-0.1, -0.05) is 17.7 Å². The largest absolute Gasteiger partial charge is 0.493 e. The zero-order chi connectivity index (χ0) is 17.3. The molecule has 124 valence electrons. The quantitative estimate of drug-likeness (QED) is 0.733. The first-order valence-electron chi connectivity index (χ1n) is 7.28. The average molecular weight is 347 g/mol. The Hall–Kier alpha value is -2.53. The first-order valence-corrected chi connectivity index (χ1v) is 7.65. The van der Waals surface area contributed by atoms with Crippen LogP contribution in [0.2, 0.25) is 5.02 Å². The summed E-state index contributed by atoms with van der Waals surface area (Å²) in [4.78, 5) is 0. The molecule has 3 rings (SSSR count). The van der Waals surface area contributed by atoms with Crippen LogP contribution in [0.1, 0.15) is 5.69 Å². The number of halogens is 2. The Bertz CT molecular complexity index is 893. The summed E-state index contributed by atoms with van der Waals surface area (Å²) in [7, 11) is 3.16. The number of nitrogens with one attached hydrogen (secondary N) is 1. The molecule has 1 heterocycles. The molecule has 0 radical (unpaired) electrons. The molecule has 1 aromatic heterocycles. The van der Waals surface area contributed by atoms with Gasteiger partial charge in [-0.2, -0.15) is 5.10 Å². The molecule has 4 nitrogen and oxygen atoms in total. The highest BCUT2D eigenvalue weighted by Crippen LogP contribution is 2.37. The Morgan fingerprint density at radius 1 is 1.00 bits per heavy atom. The van der Waals surface area contributed by atoms with Crippen LogP contribution in [-0.2, 0) is 0 Å². The molecule has 0 spiro atoms. The lowest BCUT2D eigenvalue weighted by atomic mass is 9.99. The number of rotatable bonds is 4. The van der Waals surface area contributed by atoms with Gasteiger partial charge in [-0.3, -0.25) is 5.10 Å². The molecule has 0 saturated heterocycles. The summed E-state index contributed by atoms with van der Waals surface area (Å²) in [6.45, 7) is 1.89. The van der Waals surface area contributed by atoms with Crippen molar-refractivity contribution in [1.82, 2.24) is 10.2 Å². The van der Waals surface area contributed by atoms with Crippen molar-refractivity contribution in [2.75, 3.05) is 14.2 Å². The van der Waals surface area contributed by atoms with Crippen molar-refractivity contribution in [3.8, 4) is 33.9 Å². The van der Waals surface area contributed by atoms with Crippen molar-refractivity contribution in [1.29, 1.82) is 0 Å². The summed E-state index contributed by atoms with van der Waals surface area (Å²) in [6, 6.07) is 10.2. The predicted octanol–water partition coefficient (Wildman–Crippen LogP) is 4.86. The highest BCUT2D eigenvalue weighted by atomic mass is 35.5. The molecule has 0 aliphatic rings. The standard InChI is InChI=1S/C18H16ClFN2O2/c1-10-17(11-4-6-13(19)14(20)8-11)18(22-21-10)12-5-7-15(23-2)16(9-12)24-3/h4-9H,1-3H3,(H,21,22). The van der Waals surface area contributed by atoms with Crippen LogP contribution in [0, 0.1) is 12.7 Å². The van der Waals surface area contributed by atoms with Gasteiger partial charge >= 0.3 is 0 Å². The second-order valence-corrected chi connectivity index (χ2v) is 5.68. The Balaban J connectivity index is 2.15. The number of benzene rings is 2. The molecule has 1 N–H and O–H groups in total. The summed E-state index contributed by atoms with van der Waals surface area (Å²) >= 11 is 5.78. The van der Waals surface area contributed by atoms with E-state index in [0.29, 0.717) is 22.8 Å². The van der Waals surface area contributed by atoms with Crippen LogP contribution in [-0.4, -0.2) is 24.4 Å². The van der Waals surface area contributed by atoms with Crippen molar-refractivity contribution >= 4 is 11.6 Å². The minimum absolute atomic E-state index is 0.0903. The Labute approximate surface area is 144 Å². The van der Waals surface area contributed by atoms with Crippen molar-refractivity contribution in [3.05, 3.63) is 52.9 Å². The van der Waals surface area contributed by atoms with E-state index in [1.54, 1.807) is 20.3 Å². The SMILES string of the molecule is COc1ccc(-c2n[nH]c(C)c2-c2ccc(Cl)c(F)c2)cc1OC. The lowest BCUT2D eigenvalue weighted by Crippen LogP contribution is -1.92. The molecule has 0 atom stereocenters. The number of aromatic amines is 1.